The largest absolute Gasteiger partial charge is 0.478 e. The molecule has 1 saturated heterocycles. The zero-order valence-electron chi connectivity index (χ0n) is 15.1. The third kappa shape index (κ3) is 3.73. The van der Waals surface area contributed by atoms with Crippen molar-refractivity contribution in [2.45, 2.75) is 25.8 Å². The normalized spacial score (nSPS) is 17.3. The van der Waals surface area contributed by atoms with Gasteiger partial charge in [-0.1, -0.05) is 12.1 Å². The summed E-state index contributed by atoms with van der Waals surface area (Å²) in [5, 5.41) is 13.7. The molecule has 0 radical (unpaired) electrons. The lowest BCUT2D eigenvalue weighted by atomic mass is 10.1. The number of aromatic nitrogens is 4. The van der Waals surface area contributed by atoms with Gasteiger partial charge in [0, 0.05) is 42.7 Å². The van der Waals surface area contributed by atoms with Crippen molar-refractivity contribution in [3.63, 3.8) is 0 Å². The summed E-state index contributed by atoms with van der Waals surface area (Å²) in [7, 11) is 0. The zero-order valence-corrected chi connectivity index (χ0v) is 15.1. The predicted molar refractivity (Wildman–Crippen MR) is 99.9 cm³/mol. The second-order valence-corrected chi connectivity index (χ2v) is 6.86. The van der Waals surface area contributed by atoms with Crippen LogP contribution in [0.15, 0.2) is 48.9 Å². The van der Waals surface area contributed by atoms with Gasteiger partial charge in [-0.25, -0.2) is 19.4 Å². The quantitative estimate of drug-likeness (QED) is 0.750. The van der Waals surface area contributed by atoms with Gasteiger partial charge in [-0.05, 0) is 38.1 Å². The Balaban J connectivity index is 1.46. The van der Waals surface area contributed by atoms with Crippen LogP contribution in [0.2, 0.25) is 0 Å². The Hall–Kier alpha value is -3.06. The molecule has 1 aliphatic heterocycles. The number of aryl methyl sites for hydroxylation is 1. The number of hydrogen-bond acceptors (Lipinski definition) is 5. The Morgan fingerprint density at radius 3 is 2.96 bits per heavy atom. The molecule has 3 aromatic rings. The molecule has 7 nitrogen and oxygen atoms in total. The summed E-state index contributed by atoms with van der Waals surface area (Å²) >= 11 is 0. The fourth-order valence-electron chi connectivity index (χ4n) is 3.61. The van der Waals surface area contributed by atoms with E-state index in [1.807, 2.05) is 31.5 Å². The molecular formula is C20H21N5O2. The molecule has 138 valence electrons. The van der Waals surface area contributed by atoms with Crippen LogP contribution in [0.25, 0.3) is 5.69 Å². The maximum Gasteiger partial charge on any atom is 0.337 e. The lowest BCUT2D eigenvalue weighted by Crippen LogP contribution is -2.19. The predicted octanol–water partition coefficient (Wildman–Crippen LogP) is 2.66. The first kappa shape index (κ1) is 17.4. The summed E-state index contributed by atoms with van der Waals surface area (Å²) in [5.41, 5.74) is 2.99. The summed E-state index contributed by atoms with van der Waals surface area (Å²) < 4.78 is 1.64. The van der Waals surface area contributed by atoms with E-state index in [2.05, 4.69) is 20.0 Å². The number of rotatable bonds is 5. The maximum atomic E-state index is 11.4. The summed E-state index contributed by atoms with van der Waals surface area (Å²) in [6.45, 7) is 4.66. The van der Waals surface area contributed by atoms with Crippen LogP contribution in [0.1, 0.15) is 39.8 Å². The molecule has 0 amide bonds. The highest BCUT2D eigenvalue weighted by atomic mass is 16.4. The van der Waals surface area contributed by atoms with Crippen molar-refractivity contribution in [3.05, 3.63) is 71.6 Å². The lowest BCUT2D eigenvalue weighted by molar-refractivity contribution is 0.0696. The number of likely N-dealkylation sites (tertiary alicyclic amines) is 1. The van der Waals surface area contributed by atoms with Gasteiger partial charge in [0.15, 0.2) is 0 Å². The molecule has 27 heavy (non-hydrogen) atoms. The van der Waals surface area contributed by atoms with Crippen molar-refractivity contribution in [2.75, 3.05) is 13.1 Å². The molecule has 4 rings (SSSR count). The summed E-state index contributed by atoms with van der Waals surface area (Å²) in [4.78, 5) is 22.5. The van der Waals surface area contributed by atoms with Gasteiger partial charge in [0.05, 0.1) is 17.4 Å². The number of benzene rings is 1. The van der Waals surface area contributed by atoms with Crippen LogP contribution in [0.3, 0.4) is 0 Å². The van der Waals surface area contributed by atoms with Crippen molar-refractivity contribution in [1.82, 2.24) is 24.6 Å². The number of para-hydroxylation sites is 1. The van der Waals surface area contributed by atoms with Gasteiger partial charge in [-0.15, -0.1) is 0 Å². The van der Waals surface area contributed by atoms with Crippen LogP contribution >= 0.6 is 0 Å². The summed E-state index contributed by atoms with van der Waals surface area (Å²) in [6.07, 6.45) is 6.61. The molecule has 0 saturated carbocycles. The minimum atomic E-state index is -0.954. The van der Waals surface area contributed by atoms with Gasteiger partial charge in [0.1, 0.15) is 5.82 Å². The third-order valence-corrected chi connectivity index (χ3v) is 4.91. The number of aromatic carboxylic acids is 1. The lowest BCUT2D eigenvalue weighted by Gasteiger charge is -2.14. The molecule has 0 bridgehead atoms. The molecule has 0 aliphatic carbocycles. The topological polar surface area (TPSA) is 84.1 Å². The van der Waals surface area contributed by atoms with E-state index in [0.29, 0.717) is 11.6 Å². The van der Waals surface area contributed by atoms with Gasteiger partial charge < -0.3 is 5.11 Å². The Kier molecular flexibility index (Phi) is 4.68. The zero-order chi connectivity index (χ0) is 18.8. The van der Waals surface area contributed by atoms with E-state index >= 15 is 0 Å². The Morgan fingerprint density at radius 1 is 1.30 bits per heavy atom. The van der Waals surface area contributed by atoms with Crippen LogP contribution in [0.5, 0.6) is 0 Å². The van der Waals surface area contributed by atoms with E-state index in [4.69, 9.17) is 0 Å². The van der Waals surface area contributed by atoms with Crippen molar-refractivity contribution in [1.29, 1.82) is 0 Å². The molecular weight excluding hydrogens is 342 g/mol. The van der Waals surface area contributed by atoms with Crippen molar-refractivity contribution >= 4 is 5.97 Å². The van der Waals surface area contributed by atoms with Crippen LogP contribution in [-0.4, -0.2) is 48.8 Å². The van der Waals surface area contributed by atoms with Crippen LogP contribution in [0, 0.1) is 6.92 Å². The van der Waals surface area contributed by atoms with Crippen LogP contribution < -0.4 is 0 Å². The standard InChI is InChI=1S/C20H21N5O2/c1-14-21-8-6-18(23-14)16-7-9-24(13-16)11-15-10-22-25(12-15)19-5-3-2-4-17(19)20(26)27/h2-6,8,10,12,16H,7,9,11,13H2,1H3,(H,26,27). The molecule has 2 aromatic heterocycles. The molecule has 7 heteroatoms. The number of hydrogen-bond donors (Lipinski definition) is 1. The number of carbonyl (C=O) groups is 1. The molecule has 1 fully saturated rings. The Morgan fingerprint density at radius 2 is 2.15 bits per heavy atom. The van der Waals surface area contributed by atoms with Crippen molar-refractivity contribution in [2.24, 2.45) is 0 Å². The third-order valence-electron chi connectivity index (χ3n) is 4.91. The average Bonchev–Trinajstić information content (AvgIpc) is 3.32. The highest BCUT2D eigenvalue weighted by Gasteiger charge is 2.25. The first-order valence-electron chi connectivity index (χ1n) is 8.98. The highest BCUT2D eigenvalue weighted by Crippen LogP contribution is 2.27. The fourth-order valence-corrected chi connectivity index (χ4v) is 3.61. The van der Waals surface area contributed by atoms with Gasteiger partial charge >= 0.3 is 5.97 Å². The van der Waals surface area contributed by atoms with Gasteiger partial charge in [-0.3, -0.25) is 4.90 Å². The summed E-state index contributed by atoms with van der Waals surface area (Å²) in [6, 6.07) is 8.90. The van der Waals surface area contributed by atoms with E-state index < -0.39 is 5.97 Å². The second kappa shape index (κ2) is 7.28. The molecule has 1 N–H and O–H groups in total. The maximum absolute atomic E-state index is 11.4. The minimum absolute atomic E-state index is 0.243. The van der Waals surface area contributed by atoms with E-state index in [1.54, 1.807) is 29.1 Å². The Bertz CT molecular complexity index is 968. The molecule has 1 aromatic carbocycles. The van der Waals surface area contributed by atoms with Gasteiger partial charge in [0.25, 0.3) is 0 Å². The van der Waals surface area contributed by atoms with Gasteiger partial charge in [0.2, 0.25) is 0 Å². The minimum Gasteiger partial charge on any atom is -0.478 e. The number of carboxylic acids is 1. The van der Waals surface area contributed by atoms with E-state index in [1.165, 1.54) is 0 Å². The first-order chi connectivity index (χ1) is 13.1. The molecule has 3 heterocycles. The molecule has 1 atom stereocenters. The molecule has 1 unspecified atom stereocenters. The highest BCUT2D eigenvalue weighted by molar-refractivity contribution is 5.91. The summed E-state index contributed by atoms with van der Waals surface area (Å²) in [5.74, 6) is 0.281. The van der Waals surface area contributed by atoms with Gasteiger partial charge in [-0.2, -0.15) is 5.10 Å². The van der Waals surface area contributed by atoms with E-state index in [-0.39, 0.29) is 5.56 Å². The molecule has 0 spiro atoms. The van der Waals surface area contributed by atoms with Crippen LogP contribution in [0.4, 0.5) is 0 Å². The molecule has 1 aliphatic rings. The SMILES string of the molecule is Cc1nccc(C2CCN(Cc3cnn(-c4ccccc4C(=O)O)c3)C2)n1. The van der Waals surface area contributed by atoms with Crippen molar-refractivity contribution < 1.29 is 9.90 Å². The Labute approximate surface area is 157 Å². The van der Waals surface area contributed by atoms with Crippen molar-refractivity contribution in [3.8, 4) is 5.69 Å². The smallest absolute Gasteiger partial charge is 0.337 e. The van der Waals surface area contributed by atoms with E-state index in [0.717, 1.165) is 43.1 Å². The second-order valence-electron chi connectivity index (χ2n) is 6.86. The fraction of sp³-hybridized carbons (Fsp3) is 0.300. The number of carboxylic acid groups (broad SMARTS) is 1. The average molecular weight is 363 g/mol. The van der Waals surface area contributed by atoms with Crippen LogP contribution in [-0.2, 0) is 6.54 Å². The first-order valence-corrected chi connectivity index (χ1v) is 8.98. The van der Waals surface area contributed by atoms with E-state index in [9.17, 15) is 9.90 Å². The number of nitrogens with zero attached hydrogens (tertiary/aromatic N) is 5. The monoisotopic (exact) mass is 363 g/mol.